The van der Waals surface area contributed by atoms with Gasteiger partial charge in [-0.1, -0.05) is 39.0 Å². The maximum atomic E-state index is 12.6. The van der Waals surface area contributed by atoms with Crippen LogP contribution in [0.3, 0.4) is 0 Å². The van der Waals surface area contributed by atoms with Gasteiger partial charge < -0.3 is 9.64 Å². The minimum absolute atomic E-state index is 0.171. The van der Waals surface area contributed by atoms with Crippen molar-refractivity contribution in [3.63, 3.8) is 0 Å². The first kappa shape index (κ1) is 19.1. The van der Waals surface area contributed by atoms with E-state index in [0.717, 1.165) is 19.3 Å². The highest BCUT2D eigenvalue weighted by molar-refractivity contribution is 6.24. The Balaban J connectivity index is 2.18. The largest absolute Gasteiger partial charge is 0.364 e. The molecule has 2 rings (SSSR count). The molecule has 0 saturated heterocycles. The molecule has 0 fully saturated rings. The molecule has 0 radical (unpaired) electrons. The lowest BCUT2D eigenvalue weighted by atomic mass is 9.96. The fourth-order valence-corrected chi connectivity index (χ4v) is 3.07. The molecule has 1 atom stereocenters. The van der Waals surface area contributed by atoms with Crippen LogP contribution in [0.2, 0.25) is 0 Å². The summed E-state index contributed by atoms with van der Waals surface area (Å²) in [5.41, 5.74) is 0.435. The highest BCUT2D eigenvalue weighted by Gasteiger charge is 2.40. The number of hydrogen-bond acceptors (Lipinski definition) is 5. The summed E-state index contributed by atoms with van der Waals surface area (Å²) in [6.07, 6.45) is 5.25. The van der Waals surface area contributed by atoms with Gasteiger partial charge in [-0.25, -0.2) is 0 Å². The van der Waals surface area contributed by atoms with E-state index in [2.05, 4.69) is 6.92 Å². The molecular weight excluding hydrogens is 324 g/mol. The number of unbranched alkanes of at least 4 members (excludes halogenated alkanes) is 5. The number of anilines is 1. The summed E-state index contributed by atoms with van der Waals surface area (Å²) in [6, 6.07) is 4.03. The summed E-state index contributed by atoms with van der Waals surface area (Å²) in [7, 11) is 1.30. The van der Waals surface area contributed by atoms with Gasteiger partial charge in [0.05, 0.1) is 16.2 Å². The number of ketones is 1. The average Bonchev–Trinajstić information content (AvgIpc) is 2.60. The first-order valence-corrected chi connectivity index (χ1v) is 8.68. The van der Waals surface area contributed by atoms with Crippen LogP contribution in [-0.2, 0) is 9.53 Å². The van der Waals surface area contributed by atoms with Crippen molar-refractivity contribution in [3.8, 4) is 0 Å². The highest BCUT2D eigenvalue weighted by Crippen LogP contribution is 2.32. The van der Waals surface area contributed by atoms with Crippen LogP contribution in [0.5, 0.6) is 0 Å². The normalized spacial score (nSPS) is 16.9. The van der Waals surface area contributed by atoms with Gasteiger partial charge in [-0.2, -0.15) is 0 Å². The van der Waals surface area contributed by atoms with Crippen molar-refractivity contribution >= 4 is 23.1 Å². The Hall–Kier alpha value is -2.28. The van der Waals surface area contributed by atoms with E-state index in [4.69, 9.17) is 4.74 Å². The van der Waals surface area contributed by atoms with Gasteiger partial charge in [0, 0.05) is 25.8 Å². The van der Waals surface area contributed by atoms with E-state index in [0.29, 0.717) is 12.2 Å². The van der Waals surface area contributed by atoms with Crippen LogP contribution in [0.4, 0.5) is 11.4 Å². The van der Waals surface area contributed by atoms with Gasteiger partial charge in [0.15, 0.2) is 6.10 Å². The Kier molecular flexibility index (Phi) is 6.64. The van der Waals surface area contributed by atoms with Gasteiger partial charge in [-0.05, 0) is 12.5 Å². The van der Waals surface area contributed by atoms with Crippen molar-refractivity contribution in [1.29, 1.82) is 0 Å². The third-order valence-corrected chi connectivity index (χ3v) is 4.45. The van der Waals surface area contributed by atoms with E-state index in [1.165, 1.54) is 49.5 Å². The number of nitro groups is 1. The fourth-order valence-electron chi connectivity index (χ4n) is 3.07. The number of fused-ring (bicyclic) bond motifs is 1. The second kappa shape index (κ2) is 8.71. The molecule has 0 bridgehead atoms. The number of carbonyl (C=O) groups excluding carboxylic acids is 2. The topological polar surface area (TPSA) is 89.8 Å². The molecule has 25 heavy (non-hydrogen) atoms. The van der Waals surface area contributed by atoms with E-state index in [-0.39, 0.29) is 11.3 Å². The molecule has 7 nitrogen and oxygen atoms in total. The molecule has 0 saturated carbocycles. The minimum atomic E-state index is -1.23. The van der Waals surface area contributed by atoms with Crippen molar-refractivity contribution < 1.29 is 19.2 Å². The number of hydrogen-bond donors (Lipinski definition) is 0. The number of rotatable bonds is 9. The molecular formula is C18H24N2O5. The molecule has 1 unspecified atom stereocenters. The molecule has 0 N–H and O–H groups in total. The van der Waals surface area contributed by atoms with Crippen molar-refractivity contribution in [2.24, 2.45) is 0 Å². The van der Waals surface area contributed by atoms with Crippen molar-refractivity contribution in [3.05, 3.63) is 33.9 Å². The van der Waals surface area contributed by atoms with Crippen molar-refractivity contribution in [2.75, 3.05) is 18.6 Å². The quantitative estimate of drug-likeness (QED) is 0.295. The van der Waals surface area contributed by atoms with Crippen LogP contribution < -0.4 is 4.90 Å². The molecule has 1 aromatic carbocycles. The van der Waals surface area contributed by atoms with Crippen LogP contribution in [0.25, 0.3) is 0 Å². The summed E-state index contributed by atoms with van der Waals surface area (Å²) in [6.45, 7) is 2.63. The Morgan fingerprint density at radius 3 is 2.48 bits per heavy atom. The first-order valence-electron chi connectivity index (χ1n) is 8.68. The van der Waals surface area contributed by atoms with Crippen LogP contribution in [-0.4, -0.2) is 36.4 Å². The zero-order chi connectivity index (χ0) is 18.4. The van der Waals surface area contributed by atoms with Crippen LogP contribution in [0.1, 0.15) is 55.8 Å². The summed E-state index contributed by atoms with van der Waals surface area (Å²) in [4.78, 5) is 36.9. The first-order chi connectivity index (χ1) is 12.0. The van der Waals surface area contributed by atoms with Gasteiger partial charge in [0.25, 0.3) is 11.6 Å². The molecule has 1 aliphatic heterocycles. The smallest absolute Gasteiger partial charge is 0.270 e. The third kappa shape index (κ3) is 4.22. The molecule has 0 spiro atoms. The van der Waals surface area contributed by atoms with E-state index in [9.17, 15) is 19.7 Å². The van der Waals surface area contributed by atoms with Gasteiger partial charge in [0.2, 0.25) is 5.78 Å². The minimum Gasteiger partial charge on any atom is -0.364 e. The monoisotopic (exact) mass is 348 g/mol. The van der Waals surface area contributed by atoms with Crippen molar-refractivity contribution in [1.82, 2.24) is 0 Å². The zero-order valence-corrected chi connectivity index (χ0v) is 14.7. The summed E-state index contributed by atoms with van der Waals surface area (Å²) in [5, 5.41) is 11.0. The van der Waals surface area contributed by atoms with Gasteiger partial charge >= 0.3 is 0 Å². The van der Waals surface area contributed by atoms with Gasteiger partial charge in [-0.3, -0.25) is 19.7 Å². The summed E-state index contributed by atoms with van der Waals surface area (Å²) >= 11 is 0. The van der Waals surface area contributed by atoms with Crippen LogP contribution in [0, 0.1) is 10.1 Å². The van der Waals surface area contributed by atoms with E-state index in [1.54, 1.807) is 0 Å². The molecule has 136 valence electrons. The molecule has 1 heterocycles. The predicted octanol–water partition coefficient (Wildman–Crippen LogP) is 3.50. The second-order valence-corrected chi connectivity index (χ2v) is 6.20. The summed E-state index contributed by atoms with van der Waals surface area (Å²) in [5.74, 6) is -0.923. The van der Waals surface area contributed by atoms with Crippen LogP contribution >= 0.6 is 0 Å². The van der Waals surface area contributed by atoms with Crippen molar-refractivity contribution in [2.45, 2.75) is 51.6 Å². The Bertz CT molecular complexity index is 659. The Labute approximate surface area is 147 Å². The number of nitro benzene ring substituents is 1. The predicted molar refractivity (Wildman–Crippen MR) is 94.0 cm³/mol. The molecule has 7 heteroatoms. The SMILES string of the molecule is CCCCCCCCN1C(=O)C(OC)C(=O)c2cc([N+](=O)[O-])ccc21. The number of Topliss-reactive ketones (excluding diaryl/α,β-unsaturated/α-hetero) is 1. The molecule has 1 aromatic rings. The Morgan fingerprint density at radius 1 is 1.16 bits per heavy atom. The standard InChI is InChI=1S/C18H24N2O5/c1-3-4-5-6-7-8-11-19-15-10-9-13(20(23)24)12-14(15)16(21)17(25-2)18(19)22/h9-10,12,17H,3-8,11H2,1-2H3. The number of benzene rings is 1. The number of carbonyl (C=O) groups is 2. The molecule has 1 amide bonds. The maximum Gasteiger partial charge on any atom is 0.270 e. The summed E-state index contributed by atoms with van der Waals surface area (Å²) < 4.78 is 5.05. The Morgan fingerprint density at radius 2 is 1.84 bits per heavy atom. The van der Waals surface area contributed by atoms with Gasteiger partial charge in [-0.15, -0.1) is 0 Å². The lowest BCUT2D eigenvalue weighted by Gasteiger charge is -2.32. The molecule has 0 aromatic heterocycles. The molecule has 1 aliphatic rings. The highest BCUT2D eigenvalue weighted by atomic mass is 16.6. The number of nitrogens with zero attached hydrogens (tertiary/aromatic N) is 2. The van der Waals surface area contributed by atoms with Crippen LogP contribution in [0.15, 0.2) is 18.2 Å². The maximum absolute atomic E-state index is 12.6. The fraction of sp³-hybridized carbons (Fsp3) is 0.556. The number of non-ortho nitro benzene ring substituents is 1. The zero-order valence-electron chi connectivity index (χ0n) is 14.7. The number of ether oxygens (including phenoxy) is 1. The lowest BCUT2D eigenvalue weighted by Crippen LogP contribution is -2.49. The van der Waals surface area contributed by atoms with Gasteiger partial charge in [0.1, 0.15) is 0 Å². The van der Waals surface area contributed by atoms with E-state index in [1.807, 2.05) is 0 Å². The number of methoxy groups -OCH3 is 1. The van der Waals surface area contributed by atoms with E-state index >= 15 is 0 Å². The average molecular weight is 348 g/mol. The lowest BCUT2D eigenvalue weighted by molar-refractivity contribution is -0.384. The second-order valence-electron chi connectivity index (χ2n) is 6.20. The van der Waals surface area contributed by atoms with E-state index < -0.39 is 22.7 Å². The molecule has 0 aliphatic carbocycles. The third-order valence-electron chi connectivity index (χ3n) is 4.45. The number of amides is 1.